The van der Waals surface area contributed by atoms with Crippen LogP contribution in [0.25, 0.3) is 0 Å². The van der Waals surface area contributed by atoms with Gasteiger partial charge in [0, 0.05) is 20.7 Å². The molecule has 1 aromatic rings. The van der Waals surface area contributed by atoms with E-state index in [9.17, 15) is 8.78 Å². The van der Waals surface area contributed by atoms with E-state index in [-0.39, 0.29) is 5.56 Å². The third kappa shape index (κ3) is 2.37. The molecule has 0 atom stereocenters. The zero-order valence-electron chi connectivity index (χ0n) is 6.82. The SMILES string of the molecule is Cc1ncc(CBr)c(C(F)F)c1I. The fraction of sp³-hybridized carbons (Fsp3) is 0.375. The summed E-state index contributed by atoms with van der Waals surface area (Å²) < 4.78 is 25.8. The number of halogens is 4. The maximum atomic E-state index is 12.6. The molecule has 0 radical (unpaired) electrons. The molecule has 0 aromatic carbocycles. The molecule has 5 heteroatoms. The molecule has 0 saturated carbocycles. The second-order valence-corrected chi connectivity index (χ2v) is 4.17. The Labute approximate surface area is 97.2 Å². The molecular weight excluding hydrogens is 355 g/mol. The summed E-state index contributed by atoms with van der Waals surface area (Å²) in [6, 6.07) is 0. The summed E-state index contributed by atoms with van der Waals surface area (Å²) in [5.41, 5.74) is 1.32. The Bertz CT molecular complexity index is 317. The maximum Gasteiger partial charge on any atom is 0.265 e. The maximum absolute atomic E-state index is 12.6. The van der Waals surface area contributed by atoms with E-state index in [0.717, 1.165) is 0 Å². The lowest BCUT2D eigenvalue weighted by molar-refractivity contribution is 0.149. The average molecular weight is 362 g/mol. The van der Waals surface area contributed by atoms with Crippen molar-refractivity contribution in [2.75, 3.05) is 0 Å². The van der Waals surface area contributed by atoms with Crippen LogP contribution in [0.2, 0.25) is 0 Å². The molecule has 0 aliphatic carbocycles. The van der Waals surface area contributed by atoms with Gasteiger partial charge in [-0.25, -0.2) is 8.78 Å². The van der Waals surface area contributed by atoms with Crippen LogP contribution in [0, 0.1) is 10.5 Å². The molecule has 72 valence electrons. The number of nitrogens with zero attached hydrogens (tertiary/aromatic N) is 1. The van der Waals surface area contributed by atoms with Crippen molar-refractivity contribution in [2.45, 2.75) is 18.7 Å². The quantitative estimate of drug-likeness (QED) is 0.576. The number of hydrogen-bond acceptors (Lipinski definition) is 1. The van der Waals surface area contributed by atoms with Crippen molar-refractivity contribution in [3.8, 4) is 0 Å². The minimum absolute atomic E-state index is 0.102. The van der Waals surface area contributed by atoms with Crippen LogP contribution in [0.15, 0.2) is 6.20 Å². The first-order chi connectivity index (χ1) is 6.07. The summed E-state index contributed by atoms with van der Waals surface area (Å²) >= 11 is 5.06. The minimum Gasteiger partial charge on any atom is -0.260 e. The van der Waals surface area contributed by atoms with E-state index in [4.69, 9.17) is 0 Å². The van der Waals surface area contributed by atoms with Crippen molar-refractivity contribution in [1.29, 1.82) is 0 Å². The lowest BCUT2D eigenvalue weighted by Gasteiger charge is -2.09. The second kappa shape index (κ2) is 4.63. The van der Waals surface area contributed by atoms with Crippen molar-refractivity contribution in [1.82, 2.24) is 4.98 Å². The van der Waals surface area contributed by atoms with Crippen LogP contribution in [-0.2, 0) is 5.33 Å². The molecule has 13 heavy (non-hydrogen) atoms. The minimum atomic E-state index is -2.43. The van der Waals surface area contributed by atoms with Crippen molar-refractivity contribution in [3.05, 3.63) is 26.6 Å². The Kier molecular flexibility index (Phi) is 4.03. The van der Waals surface area contributed by atoms with Crippen molar-refractivity contribution in [2.24, 2.45) is 0 Å². The Morgan fingerprint density at radius 3 is 2.69 bits per heavy atom. The number of hydrogen-bond donors (Lipinski definition) is 0. The first kappa shape index (κ1) is 11.3. The zero-order chi connectivity index (χ0) is 10.0. The molecule has 0 saturated heterocycles. The van der Waals surface area contributed by atoms with E-state index in [2.05, 4.69) is 20.9 Å². The molecule has 0 bridgehead atoms. The van der Waals surface area contributed by atoms with E-state index in [1.807, 2.05) is 22.6 Å². The molecule has 0 aliphatic heterocycles. The Hall–Kier alpha value is 0.220. The van der Waals surface area contributed by atoms with Gasteiger partial charge in [0.25, 0.3) is 6.43 Å². The van der Waals surface area contributed by atoms with Crippen LogP contribution < -0.4 is 0 Å². The Balaban J connectivity index is 3.32. The van der Waals surface area contributed by atoms with Gasteiger partial charge in [0.15, 0.2) is 0 Å². The largest absolute Gasteiger partial charge is 0.265 e. The third-order valence-corrected chi connectivity index (χ3v) is 3.64. The molecular formula is C8H7BrF2IN. The van der Waals surface area contributed by atoms with E-state index in [1.165, 1.54) is 6.20 Å². The van der Waals surface area contributed by atoms with Crippen LogP contribution in [-0.4, -0.2) is 4.98 Å². The topological polar surface area (TPSA) is 12.9 Å². The van der Waals surface area contributed by atoms with E-state index >= 15 is 0 Å². The smallest absolute Gasteiger partial charge is 0.260 e. The first-order valence-electron chi connectivity index (χ1n) is 3.56. The lowest BCUT2D eigenvalue weighted by Crippen LogP contribution is -2.00. The van der Waals surface area contributed by atoms with Crippen LogP contribution in [0.1, 0.15) is 23.2 Å². The van der Waals surface area contributed by atoms with Gasteiger partial charge in [-0.2, -0.15) is 0 Å². The standard InChI is InChI=1S/C8H7BrF2IN/c1-4-7(12)6(8(10)11)5(2-9)3-13-4/h3,8H,2H2,1H3. The predicted octanol–water partition coefficient (Wildman–Crippen LogP) is 3.83. The molecule has 1 heterocycles. The molecule has 0 spiro atoms. The molecule has 1 aromatic heterocycles. The van der Waals surface area contributed by atoms with Crippen molar-refractivity contribution >= 4 is 38.5 Å². The number of aryl methyl sites for hydroxylation is 1. The van der Waals surface area contributed by atoms with Gasteiger partial charge in [-0.3, -0.25) is 4.98 Å². The van der Waals surface area contributed by atoms with Gasteiger partial charge in [0.05, 0.1) is 5.69 Å². The summed E-state index contributed by atoms with van der Waals surface area (Å²) in [7, 11) is 0. The highest BCUT2D eigenvalue weighted by molar-refractivity contribution is 14.1. The molecule has 0 unspecified atom stereocenters. The van der Waals surface area contributed by atoms with Crippen LogP contribution in [0.5, 0.6) is 0 Å². The highest BCUT2D eigenvalue weighted by Gasteiger charge is 2.18. The molecule has 1 rings (SSSR count). The number of rotatable bonds is 2. The van der Waals surface area contributed by atoms with Gasteiger partial charge in [0.1, 0.15) is 0 Å². The third-order valence-electron chi connectivity index (χ3n) is 1.68. The number of pyridine rings is 1. The van der Waals surface area contributed by atoms with E-state index < -0.39 is 6.43 Å². The summed E-state index contributed by atoms with van der Waals surface area (Å²) in [4.78, 5) is 4.02. The van der Waals surface area contributed by atoms with Crippen molar-refractivity contribution in [3.63, 3.8) is 0 Å². The Morgan fingerprint density at radius 2 is 2.23 bits per heavy atom. The van der Waals surface area contributed by atoms with Gasteiger partial charge in [-0.05, 0) is 35.1 Å². The first-order valence-corrected chi connectivity index (χ1v) is 5.76. The molecule has 0 aliphatic rings. The highest BCUT2D eigenvalue weighted by atomic mass is 127. The van der Waals surface area contributed by atoms with E-state index in [1.54, 1.807) is 6.92 Å². The summed E-state index contributed by atoms with van der Waals surface area (Å²) in [6.07, 6.45) is -0.936. The van der Waals surface area contributed by atoms with Crippen LogP contribution >= 0.6 is 38.5 Å². The monoisotopic (exact) mass is 361 g/mol. The average Bonchev–Trinajstić information content (AvgIpc) is 2.08. The Morgan fingerprint density at radius 1 is 1.62 bits per heavy atom. The molecule has 1 nitrogen and oxygen atoms in total. The van der Waals surface area contributed by atoms with Gasteiger partial charge >= 0.3 is 0 Å². The zero-order valence-corrected chi connectivity index (χ0v) is 10.6. The van der Waals surface area contributed by atoms with Gasteiger partial charge in [0.2, 0.25) is 0 Å². The van der Waals surface area contributed by atoms with Crippen molar-refractivity contribution < 1.29 is 8.78 Å². The molecule has 0 amide bonds. The lowest BCUT2D eigenvalue weighted by atomic mass is 10.1. The van der Waals surface area contributed by atoms with Gasteiger partial charge in [-0.1, -0.05) is 15.9 Å². The van der Waals surface area contributed by atoms with Gasteiger partial charge < -0.3 is 0 Å². The normalized spacial score (nSPS) is 10.9. The highest BCUT2D eigenvalue weighted by Crippen LogP contribution is 2.30. The summed E-state index contributed by atoms with van der Waals surface area (Å²) in [5, 5.41) is 0.413. The van der Waals surface area contributed by atoms with Crippen LogP contribution in [0.4, 0.5) is 8.78 Å². The fourth-order valence-electron chi connectivity index (χ4n) is 0.979. The number of alkyl halides is 3. The summed E-state index contributed by atoms with van der Waals surface area (Å²) in [5.74, 6) is 0. The number of aromatic nitrogens is 1. The van der Waals surface area contributed by atoms with Crippen LogP contribution in [0.3, 0.4) is 0 Å². The predicted molar refractivity (Wildman–Crippen MR) is 59.3 cm³/mol. The van der Waals surface area contributed by atoms with E-state index in [0.29, 0.717) is 20.2 Å². The summed E-state index contributed by atoms with van der Waals surface area (Å²) in [6.45, 7) is 1.73. The van der Waals surface area contributed by atoms with Gasteiger partial charge in [-0.15, -0.1) is 0 Å². The second-order valence-electron chi connectivity index (χ2n) is 2.53. The molecule has 0 N–H and O–H groups in total. The molecule has 0 fully saturated rings. The fourth-order valence-corrected chi connectivity index (χ4v) is 2.15.